The maximum absolute atomic E-state index is 13.9. The number of hydrogen-bond donors (Lipinski definition) is 0. The van der Waals surface area contributed by atoms with E-state index in [0.29, 0.717) is 30.5 Å². The molecule has 1 aromatic heterocycles. The first-order valence-electron chi connectivity index (χ1n) is 15.5. The minimum Gasteiger partial charge on any atom is -0.339 e. The molecule has 0 bridgehead atoms. The lowest BCUT2D eigenvalue weighted by Gasteiger charge is -2.25. The molecule has 9 heteroatoms. The third kappa shape index (κ3) is 7.15. The molecule has 4 aromatic rings. The molecule has 1 aliphatic heterocycles. The third-order valence-corrected chi connectivity index (χ3v) is 10.6. The number of benzene rings is 3. The predicted molar refractivity (Wildman–Crippen MR) is 175 cm³/mol. The zero-order valence-corrected chi connectivity index (χ0v) is 27.1. The topological polar surface area (TPSA) is 99.6 Å². The number of ether oxygens (including phenoxy) is 2. The van der Waals surface area contributed by atoms with Crippen molar-refractivity contribution >= 4 is 33.0 Å². The molecule has 7 nitrogen and oxygen atoms in total. The van der Waals surface area contributed by atoms with Crippen LogP contribution in [-0.2, 0) is 24.1 Å². The number of ketones is 2. The second kappa shape index (κ2) is 13.6. The average molecular weight is 658 g/mol. The number of carbonyl (C=O) groups excluding carboxylic acids is 2. The highest BCUT2D eigenvalue weighted by atomic mass is 35.5. The van der Waals surface area contributed by atoms with Crippen molar-refractivity contribution in [2.24, 2.45) is 5.92 Å². The Balaban J connectivity index is 1.23. The first kappa shape index (κ1) is 32.3. The quantitative estimate of drug-likeness (QED) is 0.151. The molecule has 1 saturated heterocycles. The van der Waals surface area contributed by atoms with Gasteiger partial charge in [0.1, 0.15) is 23.7 Å². The Bertz CT molecular complexity index is 1750. The van der Waals surface area contributed by atoms with Crippen molar-refractivity contribution in [1.82, 2.24) is 4.98 Å². The minimum absolute atomic E-state index is 0.0147. The lowest BCUT2D eigenvalue weighted by atomic mass is 9.83. The molecule has 238 valence electrons. The molecule has 4 atom stereocenters. The maximum Gasteiger partial charge on any atom is 0.181 e. The Hall–Kier alpha value is -3.69. The van der Waals surface area contributed by atoms with E-state index < -0.39 is 21.5 Å². The van der Waals surface area contributed by atoms with E-state index in [1.165, 1.54) is 6.07 Å². The second-order valence-corrected chi connectivity index (χ2v) is 14.7. The molecule has 1 spiro atoms. The normalized spacial score (nSPS) is 21.3. The predicted octanol–water partition coefficient (Wildman–Crippen LogP) is 7.87. The molecule has 46 heavy (non-hydrogen) atoms. The largest absolute Gasteiger partial charge is 0.339 e. The summed E-state index contributed by atoms with van der Waals surface area (Å²) >= 11 is 6.44. The Morgan fingerprint density at radius 2 is 1.52 bits per heavy atom. The molecular weight excluding hydrogens is 622 g/mol. The summed E-state index contributed by atoms with van der Waals surface area (Å²) in [6.07, 6.45) is 4.71. The Morgan fingerprint density at radius 1 is 0.891 bits per heavy atom. The maximum atomic E-state index is 13.9. The summed E-state index contributed by atoms with van der Waals surface area (Å²) in [5.74, 6) is -1.61. The summed E-state index contributed by atoms with van der Waals surface area (Å²) in [4.78, 5) is 30.8. The van der Waals surface area contributed by atoms with Gasteiger partial charge in [-0.3, -0.25) is 14.6 Å². The van der Waals surface area contributed by atoms with Crippen molar-refractivity contribution < 1.29 is 27.5 Å². The van der Waals surface area contributed by atoms with Gasteiger partial charge in [-0.25, -0.2) is 8.42 Å². The molecule has 2 fully saturated rings. The van der Waals surface area contributed by atoms with Crippen LogP contribution in [0.3, 0.4) is 0 Å². The van der Waals surface area contributed by atoms with Crippen molar-refractivity contribution in [3.63, 3.8) is 0 Å². The summed E-state index contributed by atoms with van der Waals surface area (Å²) in [5.41, 5.74) is 3.04. The van der Waals surface area contributed by atoms with Crippen molar-refractivity contribution in [1.29, 1.82) is 0 Å². The zero-order chi connectivity index (χ0) is 32.3. The number of nitrogens with zero attached hydrogens (tertiary/aromatic N) is 1. The van der Waals surface area contributed by atoms with Gasteiger partial charge in [-0.05, 0) is 59.7 Å². The van der Waals surface area contributed by atoms with Gasteiger partial charge in [-0.1, -0.05) is 84.4 Å². The molecule has 0 N–H and O–H groups in total. The number of rotatable bonds is 11. The van der Waals surface area contributed by atoms with Crippen LogP contribution in [0.4, 0.5) is 0 Å². The van der Waals surface area contributed by atoms with Crippen LogP contribution in [-0.4, -0.2) is 37.0 Å². The van der Waals surface area contributed by atoms with Gasteiger partial charge in [0.2, 0.25) is 0 Å². The standard InChI is InChI=1S/C37H36ClNO6S/c1-46(42,43)34-18-15-28(23-30(34)38)29(32(40)16-17-33(41)31-14-8-9-21-39-31)22-25-19-20-37(24-25)44-35(26-10-4-2-5-11-26)36(45-37)27-12-6-3-7-13-27/h2-15,18,21,23,25,29,35-36H,16-17,19-20,22,24H2,1H3/t25-,29?,35-,36-/m1/s1. The zero-order valence-electron chi connectivity index (χ0n) is 25.5. The van der Waals surface area contributed by atoms with Gasteiger partial charge in [-0.15, -0.1) is 0 Å². The molecule has 0 radical (unpaired) electrons. The summed E-state index contributed by atoms with van der Waals surface area (Å²) in [6, 6.07) is 30.0. The van der Waals surface area contributed by atoms with Gasteiger partial charge < -0.3 is 9.47 Å². The third-order valence-electron chi connectivity index (χ3n) is 9.01. The van der Waals surface area contributed by atoms with E-state index in [1.54, 1.807) is 36.5 Å². The van der Waals surface area contributed by atoms with Crippen molar-refractivity contribution in [3.05, 3.63) is 131 Å². The van der Waals surface area contributed by atoms with Gasteiger partial charge in [0.15, 0.2) is 21.4 Å². The highest BCUT2D eigenvalue weighted by Crippen LogP contribution is 2.55. The summed E-state index contributed by atoms with van der Waals surface area (Å²) < 4.78 is 38.1. The SMILES string of the molecule is CS(=O)(=O)c1ccc(C(C[C@H]2CCC3(C2)O[C@H](c2ccccc2)[C@@H](c2ccccc2)O3)C(=O)CCC(=O)c2ccccn2)cc1Cl. The number of aromatic nitrogens is 1. The number of pyridine rings is 1. The van der Waals surface area contributed by atoms with Crippen molar-refractivity contribution in [2.75, 3.05) is 6.26 Å². The molecule has 1 saturated carbocycles. The van der Waals surface area contributed by atoms with E-state index >= 15 is 0 Å². The number of sulfone groups is 1. The minimum atomic E-state index is -3.54. The Kier molecular flexibility index (Phi) is 9.52. The Morgan fingerprint density at radius 3 is 2.09 bits per heavy atom. The molecule has 2 aliphatic rings. The molecule has 6 rings (SSSR count). The molecule has 0 amide bonds. The van der Waals surface area contributed by atoms with Crippen LogP contribution in [0.2, 0.25) is 5.02 Å². The van der Waals surface area contributed by atoms with Crippen LogP contribution in [0.1, 0.15) is 83.8 Å². The monoisotopic (exact) mass is 657 g/mol. The van der Waals surface area contributed by atoms with Crippen molar-refractivity contribution in [3.8, 4) is 0 Å². The smallest absolute Gasteiger partial charge is 0.181 e. The van der Waals surface area contributed by atoms with Gasteiger partial charge in [0.25, 0.3) is 0 Å². The van der Waals surface area contributed by atoms with Gasteiger partial charge in [-0.2, -0.15) is 0 Å². The second-order valence-electron chi connectivity index (χ2n) is 12.3. The van der Waals surface area contributed by atoms with Crippen LogP contribution in [0, 0.1) is 5.92 Å². The van der Waals surface area contributed by atoms with Gasteiger partial charge in [0.05, 0.1) is 9.92 Å². The highest BCUT2D eigenvalue weighted by molar-refractivity contribution is 7.90. The highest BCUT2D eigenvalue weighted by Gasteiger charge is 2.52. The van der Waals surface area contributed by atoms with Gasteiger partial charge in [0, 0.05) is 44.1 Å². The fraction of sp³-hybridized carbons (Fsp3) is 0.324. The number of Topliss-reactive ketones (excluding diaryl/α,β-unsaturated/α-hetero) is 2. The fourth-order valence-corrected chi connectivity index (χ4v) is 8.09. The molecule has 1 unspecified atom stereocenters. The lowest BCUT2D eigenvalue weighted by molar-refractivity contribution is -0.173. The van der Waals surface area contributed by atoms with E-state index in [9.17, 15) is 18.0 Å². The summed E-state index contributed by atoms with van der Waals surface area (Å²) in [5, 5.41) is 0.0733. The molecule has 2 heterocycles. The summed E-state index contributed by atoms with van der Waals surface area (Å²) in [6.45, 7) is 0. The summed E-state index contributed by atoms with van der Waals surface area (Å²) in [7, 11) is -3.54. The van der Waals surface area contributed by atoms with E-state index in [-0.39, 0.29) is 52.5 Å². The number of hydrogen-bond acceptors (Lipinski definition) is 7. The van der Waals surface area contributed by atoms with Gasteiger partial charge >= 0.3 is 0 Å². The van der Waals surface area contributed by atoms with Crippen LogP contribution in [0.25, 0.3) is 0 Å². The molecule has 3 aromatic carbocycles. The van der Waals surface area contributed by atoms with Crippen LogP contribution in [0.5, 0.6) is 0 Å². The molecular formula is C37H36ClNO6S. The Labute approximate surface area is 274 Å². The van der Waals surface area contributed by atoms with E-state index in [0.717, 1.165) is 23.8 Å². The fourth-order valence-electron chi connectivity index (χ4n) is 6.76. The van der Waals surface area contributed by atoms with E-state index in [1.807, 2.05) is 36.4 Å². The number of halogens is 1. The molecule has 1 aliphatic carbocycles. The lowest BCUT2D eigenvalue weighted by Crippen LogP contribution is -2.27. The van der Waals surface area contributed by atoms with Crippen LogP contribution >= 0.6 is 11.6 Å². The van der Waals surface area contributed by atoms with E-state index in [4.69, 9.17) is 21.1 Å². The van der Waals surface area contributed by atoms with E-state index in [2.05, 4.69) is 29.2 Å². The van der Waals surface area contributed by atoms with Crippen LogP contribution < -0.4 is 0 Å². The van der Waals surface area contributed by atoms with Crippen LogP contribution in [0.15, 0.2) is 108 Å². The number of carbonyl (C=O) groups is 2. The van der Waals surface area contributed by atoms with Crippen molar-refractivity contribution in [2.45, 2.75) is 67.3 Å². The first-order chi connectivity index (χ1) is 22.1. The average Bonchev–Trinajstić information content (AvgIpc) is 3.65. The first-order valence-corrected chi connectivity index (χ1v) is 17.8.